The van der Waals surface area contributed by atoms with E-state index in [0.717, 1.165) is 99.8 Å². The van der Waals surface area contributed by atoms with Gasteiger partial charge in [0.15, 0.2) is 0 Å². The molecule has 4 heterocycles. The van der Waals surface area contributed by atoms with Crippen LogP contribution in [-0.4, -0.2) is 19.9 Å². The Labute approximate surface area is 351 Å². The number of aromatic nitrogens is 4. The lowest BCUT2D eigenvalue weighted by molar-refractivity contribution is 1.25. The van der Waals surface area contributed by atoms with Gasteiger partial charge < -0.3 is 0 Å². The van der Waals surface area contributed by atoms with E-state index >= 15 is 0 Å². The van der Waals surface area contributed by atoms with Crippen molar-refractivity contribution in [3.05, 3.63) is 178 Å². The molecule has 10 aromatic rings. The molecule has 290 valence electrons. The molecule has 0 aliphatic heterocycles. The van der Waals surface area contributed by atoms with Crippen LogP contribution in [0.3, 0.4) is 0 Å². The molecule has 0 saturated carbocycles. The van der Waals surface area contributed by atoms with Crippen molar-refractivity contribution in [3.8, 4) is 56.2 Å². The van der Waals surface area contributed by atoms with E-state index in [1.807, 2.05) is 0 Å². The fourth-order valence-electron chi connectivity index (χ4n) is 9.11. The number of hydrogen-bond donors (Lipinski definition) is 0. The highest BCUT2D eigenvalue weighted by Crippen LogP contribution is 2.39. The van der Waals surface area contributed by atoms with Crippen LogP contribution in [0.15, 0.2) is 133 Å². The van der Waals surface area contributed by atoms with Crippen molar-refractivity contribution in [2.45, 2.75) is 55.4 Å². The van der Waals surface area contributed by atoms with Crippen LogP contribution in [0, 0.1) is 55.4 Å². The molecule has 0 saturated heterocycles. The fraction of sp³-hybridized carbons (Fsp3) is 0.143. The molecule has 4 aromatic heterocycles. The van der Waals surface area contributed by atoms with Gasteiger partial charge in [0.25, 0.3) is 0 Å². The first kappa shape index (κ1) is 37.2. The highest BCUT2D eigenvalue weighted by molar-refractivity contribution is 6.08. The Balaban J connectivity index is 1.06. The summed E-state index contributed by atoms with van der Waals surface area (Å²) in [4.78, 5) is 21.5. The zero-order chi connectivity index (χ0) is 41.4. The molecule has 0 amide bonds. The van der Waals surface area contributed by atoms with E-state index in [-0.39, 0.29) is 0 Å². The van der Waals surface area contributed by atoms with Gasteiger partial charge in [0.05, 0.1) is 44.8 Å². The van der Waals surface area contributed by atoms with Gasteiger partial charge in [0, 0.05) is 43.8 Å². The van der Waals surface area contributed by atoms with E-state index in [1.54, 1.807) is 0 Å². The Morgan fingerprint density at radius 3 is 0.883 bits per heavy atom. The lowest BCUT2D eigenvalue weighted by atomic mass is 9.93. The van der Waals surface area contributed by atoms with Crippen molar-refractivity contribution in [2.75, 3.05) is 0 Å². The number of pyridine rings is 4. The topological polar surface area (TPSA) is 51.6 Å². The normalized spacial score (nSPS) is 11.7. The molecule has 0 bridgehead atoms. The number of fused-ring (bicyclic) bond motifs is 6. The Morgan fingerprint density at radius 2 is 0.517 bits per heavy atom. The first-order chi connectivity index (χ1) is 29.1. The summed E-state index contributed by atoms with van der Waals surface area (Å²) in [6, 6.07) is 47.5. The minimum absolute atomic E-state index is 0.943. The number of nitrogens with zero attached hydrogens (tertiary/aromatic N) is 4. The van der Waals surface area contributed by atoms with Crippen molar-refractivity contribution < 1.29 is 0 Å². The minimum Gasteiger partial charge on any atom is -0.245 e. The Bertz CT molecular complexity index is 3370. The predicted octanol–water partition coefficient (Wildman–Crippen LogP) is 14.7. The standard InChI is InChI=1S/C56H46N4/c1-31-35(5)49(40-16-11-9-12-17-40)57-53-45(31)26-27-47-33(3)37(7)51(59-54(47)53)42-24-22-39(23-25-42)43-20-15-21-44(30-43)52-38(8)34(4)48-29-28-46-32(2)36(6)50(41-18-13-10-14-19-41)58-55(46)56(48)60-52/h9-30H,1-8H3. The van der Waals surface area contributed by atoms with Crippen molar-refractivity contribution in [2.24, 2.45) is 0 Å². The molecular formula is C56H46N4. The zero-order valence-electron chi connectivity index (χ0n) is 35.5. The highest BCUT2D eigenvalue weighted by Gasteiger charge is 2.20. The van der Waals surface area contributed by atoms with Crippen LogP contribution < -0.4 is 0 Å². The van der Waals surface area contributed by atoms with Crippen molar-refractivity contribution in [3.63, 3.8) is 0 Å². The maximum Gasteiger partial charge on any atom is 0.0975 e. The van der Waals surface area contributed by atoms with Crippen LogP contribution in [-0.2, 0) is 0 Å². The molecule has 10 rings (SSSR count). The number of benzene rings is 6. The first-order valence-corrected chi connectivity index (χ1v) is 20.8. The molecule has 4 nitrogen and oxygen atoms in total. The second-order valence-corrected chi connectivity index (χ2v) is 16.4. The van der Waals surface area contributed by atoms with E-state index in [0.29, 0.717) is 0 Å². The molecule has 0 N–H and O–H groups in total. The third-order valence-corrected chi connectivity index (χ3v) is 13.2. The largest absolute Gasteiger partial charge is 0.245 e. The molecule has 0 fully saturated rings. The molecule has 0 radical (unpaired) electrons. The average molecular weight is 775 g/mol. The molecule has 6 aromatic carbocycles. The summed E-state index contributed by atoms with van der Waals surface area (Å²) >= 11 is 0. The first-order valence-electron chi connectivity index (χ1n) is 20.8. The molecule has 0 aliphatic rings. The van der Waals surface area contributed by atoms with Gasteiger partial charge in [-0.1, -0.05) is 127 Å². The number of aryl methyl sites for hydroxylation is 4. The predicted molar refractivity (Wildman–Crippen MR) is 253 cm³/mol. The van der Waals surface area contributed by atoms with Crippen molar-refractivity contribution in [1.29, 1.82) is 0 Å². The van der Waals surface area contributed by atoms with Gasteiger partial charge in [-0.25, -0.2) is 19.9 Å². The van der Waals surface area contributed by atoms with Gasteiger partial charge in [0.1, 0.15) is 0 Å². The lowest BCUT2D eigenvalue weighted by Gasteiger charge is -2.17. The quantitative estimate of drug-likeness (QED) is 0.163. The summed E-state index contributed by atoms with van der Waals surface area (Å²) in [6.07, 6.45) is 0. The van der Waals surface area contributed by atoms with Crippen molar-refractivity contribution >= 4 is 43.6 Å². The fourth-order valence-corrected chi connectivity index (χ4v) is 9.11. The smallest absolute Gasteiger partial charge is 0.0975 e. The molecule has 0 aliphatic carbocycles. The molecule has 0 atom stereocenters. The van der Waals surface area contributed by atoms with Gasteiger partial charge in [-0.15, -0.1) is 0 Å². The molecular weight excluding hydrogens is 729 g/mol. The van der Waals surface area contributed by atoms with Gasteiger partial charge in [-0.2, -0.15) is 0 Å². The summed E-state index contributed by atoms with van der Waals surface area (Å²) in [6.45, 7) is 17.6. The molecule has 0 spiro atoms. The lowest BCUT2D eigenvalue weighted by Crippen LogP contribution is -2.00. The summed E-state index contributed by atoms with van der Waals surface area (Å²) < 4.78 is 0. The summed E-state index contributed by atoms with van der Waals surface area (Å²) in [7, 11) is 0. The third kappa shape index (κ3) is 5.89. The van der Waals surface area contributed by atoms with E-state index in [1.165, 1.54) is 44.5 Å². The van der Waals surface area contributed by atoms with Crippen LogP contribution in [0.4, 0.5) is 0 Å². The van der Waals surface area contributed by atoms with Crippen LogP contribution in [0.25, 0.3) is 99.8 Å². The third-order valence-electron chi connectivity index (χ3n) is 13.2. The van der Waals surface area contributed by atoms with Gasteiger partial charge in [-0.05, 0) is 117 Å². The SMILES string of the molecule is Cc1c(-c2ccccc2)nc2c(ccc3c(C)c(C)c(-c4ccc(-c5cccc(-c6nc7c(ccc8c(C)c(C)c(-c9ccccc9)nc87)c(C)c6C)c5)cc4)nc32)c1C. The van der Waals surface area contributed by atoms with Crippen LogP contribution in [0.2, 0.25) is 0 Å². The van der Waals surface area contributed by atoms with Crippen LogP contribution >= 0.6 is 0 Å². The Morgan fingerprint density at radius 1 is 0.233 bits per heavy atom. The number of hydrogen-bond acceptors (Lipinski definition) is 4. The van der Waals surface area contributed by atoms with E-state index in [9.17, 15) is 0 Å². The maximum atomic E-state index is 5.45. The zero-order valence-corrected chi connectivity index (χ0v) is 35.5. The number of rotatable bonds is 5. The van der Waals surface area contributed by atoms with E-state index < -0.39 is 0 Å². The van der Waals surface area contributed by atoms with Crippen LogP contribution in [0.5, 0.6) is 0 Å². The Kier molecular flexibility index (Phi) is 8.91. The van der Waals surface area contributed by atoms with E-state index in [2.05, 4.69) is 189 Å². The average Bonchev–Trinajstić information content (AvgIpc) is 3.28. The molecule has 0 unspecified atom stereocenters. The van der Waals surface area contributed by atoms with Gasteiger partial charge in [0.2, 0.25) is 0 Å². The van der Waals surface area contributed by atoms with Gasteiger partial charge in [-0.3, -0.25) is 0 Å². The second-order valence-electron chi connectivity index (χ2n) is 16.4. The Hall–Kier alpha value is -7.04. The monoisotopic (exact) mass is 774 g/mol. The molecule has 60 heavy (non-hydrogen) atoms. The van der Waals surface area contributed by atoms with Gasteiger partial charge >= 0.3 is 0 Å². The van der Waals surface area contributed by atoms with Crippen molar-refractivity contribution in [1.82, 2.24) is 19.9 Å². The highest BCUT2D eigenvalue weighted by atomic mass is 14.8. The summed E-state index contributed by atoms with van der Waals surface area (Å²) in [5.41, 5.74) is 24.2. The summed E-state index contributed by atoms with van der Waals surface area (Å²) in [5, 5.41) is 4.58. The molecule has 4 heteroatoms. The summed E-state index contributed by atoms with van der Waals surface area (Å²) in [5.74, 6) is 0. The minimum atomic E-state index is 0.943. The second kappa shape index (κ2) is 14.4. The van der Waals surface area contributed by atoms with E-state index in [4.69, 9.17) is 19.9 Å². The maximum absolute atomic E-state index is 5.45. The van der Waals surface area contributed by atoms with Crippen LogP contribution in [0.1, 0.15) is 44.5 Å².